The van der Waals surface area contributed by atoms with Crippen molar-refractivity contribution in [1.82, 2.24) is 9.80 Å². The summed E-state index contributed by atoms with van der Waals surface area (Å²) >= 11 is 0. The molecule has 2 aliphatic carbocycles. The molecule has 3 aliphatic rings. The summed E-state index contributed by atoms with van der Waals surface area (Å²) in [4.78, 5) is 5.36. The van der Waals surface area contributed by atoms with E-state index in [0.29, 0.717) is 12.1 Å². The SMILES string of the molecule is CC1CCC(N)C(N2CCN(CC3CC3)CC2)C1. The van der Waals surface area contributed by atoms with Crippen molar-refractivity contribution < 1.29 is 0 Å². The van der Waals surface area contributed by atoms with Gasteiger partial charge in [-0.25, -0.2) is 0 Å². The van der Waals surface area contributed by atoms with E-state index in [-0.39, 0.29) is 0 Å². The van der Waals surface area contributed by atoms with E-state index in [1.54, 1.807) is 0 Å². The van der Waals surface area contributed by atoms with Gasteiger partial charge in [0.05, 0.1) is 0 Å². The lowest BCUT2D eigenvalue weighted by atomic mass is 9.83. The van der Waals surface area contributed by atoms with Gasteiger partial charge in [-0.15, -0.1) is 0 Å². The fourth-order valence-corrected chi connectivity index (χ4v) is 3.74. The molecular weight excluding hydrogens is 222 g/mol. The minimum atomic E-state index is 0.427. The highest BCUT2D eigenvalue weighted by Gasteiger charge is 2.33. The van der Waals surface area contributed by atoms with Crippen LogP contribution in [-0.2, 0) is 0 Å². The maximum Gasteiger partial charge on any atom is 0.0250 e. The molecule has 2 N–H and O–H groups in total. The molecule has 0 radical (unpaired) electrons. The normalized spacial score (nSPS) is 40.0. The molecular formula is C15H29N3. The van der Waals surface area contributed by atoms with Gasteiger partial charge in [0.25, 0.3) is 0 Å². The van der Waals surface area contributed by atoms with Crippen LogP contribution in [0.5, 0.6) is 0 Å². The lowest BCUT2D eigenvalue weighted by Crippen LogP contribution is -2.57. The number of nitrogens with two attached hydrogens (primary N) is 1. The lowest BCUT2D eigenvalue weighted by molar-refractivity contribution is 0.0570. The van der Waals surface area contributed by atoms with Crippen LogP contribution in [0.1, 0.15) is 39.0 Å². The average Bonchev–Trinajstić information content (AvgIpc) is 3.17. The highest BCUT2D eigenvalue weighted by Crippen LogP contribution is 2.31. The van der Waals surface area contributed by atoms with Gasteiger partial charge in [0.2, 0.25) is 0 Å². The van der Waals surface area contributed by atoms with Gasteiger partial charge in [-0.2, -0.15) is 0 Å². The van der Waals surface area contributed by atoms with Gasteiger partial charge >= 0.3 is 0 Å². The molecule has 0 amide bonds. The highest BCUT2D eigenvalue weighted by atomic mass is 15.3. The van der Waals surface area contributed by atoms with E-state index in [1.165, 1.54) is 64.8 Å². The van der Waals surface area contributed by atoms with Gasteiger partial charge in [-0.3, -0.25) is 4.90 Å². The first-order valence-electron chi connectivity index (χ1n) is 7.94. The third-order valence-corrected chi connectivity index (χ3v) is 5.22. The Morgan fingerprint density at radius 3 is 2.39 bits per heavy atom. The minimum absolute atomic E-state index is 0.427. The smallest absolute Gasteiger partial charge is 0.0250 e. The topological polar surface area (TPSA) is 32.5 Å². The molecule has 0 bridgehead atoms. The van der Waals surface area contributed by atoms with Crippen LogP contribution >= 0.6 is 0 Å². The van der Waals surface area contributed by atoms with Gasteiger partial charge < -0.3 is 10.6 Å². The van der Waals surface area contributed by atoms with Crippen LogP contribution in [0.25, 0.3) is 0 Å². The van der Waals surface area contributed by atoms with E-state index in [0.717, 1.165) is 11.8 Å². The molecule has 1 aliphatic heterocycles. The molecule has 2 saturated carbocycles. The van der Waals surface area contributed by atoms with Crippen molar-refractivity contribution in [3.63, 3.8) is 0 Å². The van der Waals surface area contributed by atoms with Gasteiger partial charge in [0.1, 0.15) is 0 Å². The minimum Gasteiger partial charge on any atom is -0.326 e. The van der Waals surface area contributed by atoms with Crippen molar-refractivity contribution in [2.45, 2.75) is 51.1 Å². The lowest BCUT2D eigenvalue weighted by Gasteiger charge is -2.44. The van der Waals surface area contributed by atoms with Crippen LogP contribution in [-0.4, -0.2) is 54.6 Å². The molecule has 0 aromatic heterocycles. The summed E-state index contributed by atoms with van der Waals surface area (Å²) in [6.07, 6.45) is 6.84. The molecule has 3 heteroatoms. The Bertz CT molecular complexity index is 269. The van der Waals surface area contributed by atoms with Crippen LogP contribution in [0.2, 0.25) is 0 Å². The zero-order valence-electron chi connectivity index (χ0n) is 11.9. The summed E-state index contributed by atoms with van der Waals surface area (Å²) in [5, 5.41) is 0. The summed E-state index contributed by atoms with van der Waals surface area (Å²) in [5.74, 6) is 1.91. The van der Waals surface area contributed by atoms with Gasteiger partial charge in [0.15, 0.2) is 0 Å². The van der Waals surface area contributed by atoms with Crippen molar-refractivity contribution in [1.29, 1.82) is 0 Å². The third-order valence-electron chi connectivity index (χ3n) is 5.22. The van der Waals surface area contributed by atoms with E-state index in [4.69, 9.17) is 5.73 Å². The van der Waals surface area contributed by atoms with Crippen LogP contribution < -0.4 is 5.73 Å². The van der Waals surface area contributed by atoms with E-state index in [9.17, 15) is 0 Å². The van der Waals surface area contributed by atoms with Crippen molar-refractivity contribution in [2.24, 2.45) is 17.6 Å². The summed E-state index contributed by atoms with van der Waals surface area (Å²) in [6.45, 7) is 8.79. The maximum absolute atomic E-state index is 6.34. The van der Waals surface area contributed by atoms with Crippen molar-refractivity contribution >= 4 is 0 Å². The second-order valence-electron chi connectivity index (χ2n) is 6.93. The molecule has 3 rings (SSSR count). The first kappa shape index (κ1) is 12.9. The molecule has 1 saturated heterocycles. The first-order chi connectivity index (χ1) is 8.72. The molecule has 3 fully saturated rings. The summed E-state index contributed by atoms with van der Waals surface area (Å²) in [5.41, 5.74) is 6.34. The van der Waals surface area contributed by atoms with E-state index in [2.05, 4.69) is 16.7 Å². The molecule has 0 aromatic rings. The molecule has 3 unspecified atom stereocenters. The van der Waals surface area contributed by atoms with E-state index in [1.807, 2.05) is 0 Å². The standard InChI is InChI=1S/C15H29N3/c1-12-2-5-14(16)15(10-12)18-8-6-17(7-9-18)11-13-3-4-13/h12-15H,2-11,16H2,1H3. The van der Waals surface area contributed by atoms with Gasteiger partial charge in [-0.05, 0) is 43.9 Å². The predicted octanol–water partition coefficient (Wildman–Crippen LogP) is 1.53. The van der Waals surface area contributed by atoms with E-state index >= 15 is 0 Å². The average molecular weight is 251 g/mol. The summed E-state index contributed by atoms with van der Waals surface area (Å²) in [7, 11) is 0. The van der Waals surface area contributed by atoms with Crippen molar-refractivity contribution in [3.05, 3.63) is 0 Å². The predicted molar refractivity (Wildman–Crippen MR) is 75.5 cm³/mol. The highest BCUT2D eigenvalue weighted by molar-refractivity contribution is 4.91. The molecule has 0 spiro atoms. The summed E-state index contributed by atoms with van der Waals surface area (Å²) in [6, 6.07) is 1.09. The Morgan fingerprint density at radius 2 is 1.72 bits per heavy atom. The zero-order chi connectivity index (χ0) is 12.5. The number of hydrogen-bond acceptors (Lipinski definition) is 3. The van der Waals surface area contributed by atoms with Crippen LogP contribution in [0.3, 0.4) is 0 Å². The largest absolute Gasteiger partial charge is 0.326 e. The van der Waals surface area contributed by atoms with Crippen LogP contribution in [0, 0.1) is 11.8 Å². The summed E-state index contributed by atoms with van der Waals surface area (Å²) < 4.78 is 0. The molecule has 3 atom stereocenters. The van der Waals surface area contributed by atoms with Crippen LogP contribution in [0.15, 0.2) is 0 Å². The monoisotopic (exact) mass is 251 g/mol. The van der Waals surface area contributed by atoms with Crippen molar-refractivity contribution in [3.8, 4) is 0 Å². The molecule has 3 nitrogen and oxygen atoms in total. The van der Waals surface area contributed by atoms with Gasteiger partial charge in [-0.1, -0.05) is 6.92 Å². The quantitative estimate of drug-likeness (QED) is 0.825. The Balaban J connectivity index is 1.48. The fourth-order valence-electron chi connectivity index (χ4n) is 3.74. The number of piperazine rings is 1. The number of hydrogen-bond donors (Lipinski definition) is 1. The number of rotatable bonds is 3. The Labute approximate surface area is 112 Å². The Kier molecular flexibility index (Phi) is 3.92. The zero-order valence-corrected chi connectivity index (χ0v) is 11.9. The Hall–Kier alpha value is -0.120. The third kappa shape index (κ3) is 3.06. The van der Waals surface area contributed by atoms with Crippen LogP contribution in [0.4, 0.5) is 0 Å². The van der Waals surface area contributed by atoms with Crippen molar-refractivity contribution in [2.75, 3.05) is 32.7 Å². The second-order valence-corrected chi connectivity index (χ2v) is 6.93. The molecule has 18 heavy (non-hydrogen) atoms. The van der Waals surface area contributed by atoms with E-state index < -0.39 is 0 Å². The molecule has 1 heterocycles. The molecule has 104 valence electrons. The molecule has 0 aromatic carbocycles. The number of nitrogens with zero attached hydrogens (tertiary/aromatic N) is 2. The maximum atomic E-state index is 6.34. The fraction of sp³-hybridized carbons (Fsp3) is 1.00. The van der Waals surface area contributed by atoms with Gasteiger partial charge in [0, 0.05) is 44.8 Å². The first-order valence-corrected chi connectivity index (χ1v) is 7.94. The Morgan fingerprint density at radius 1 is 1.00 bits per heavy atom. The second kappa shape index (κ2) is 5.48.